The van der Waals surface area contributed by atoms with Crippen molar-refractivity contribution >= 4 is 33.2 Å². The summed E-state index contributed by atoms with van der Waals surface area (Å²) in [6.07, 6.45) is 0.682. The summed E-state index contributed by atoms with van der Waals surface area (Å²) < 4.78 is 30.5. The molecule has 0 radical (unpaired) electrons. The van der Waals surface area contributed by atoms with Crippen LogP contribution in [0.5, 0.6) is 0 Å². The lowest BCUT2D eigenvalue weighted by Gasteiger charge is -2.23. The zero-order valence-corrected chi connectivity index (χ0v) is 12.8. The molecule has 1 aromatic heterocycles. The topological polar surface area (TPSA) is 55.5 Å². The van der Waals surface area contributed by atoms with Crippen LogP contribution in [-0.4, -0.2) is 42.5 Å². The van der Waals surface area contributed by atoms with Crippen LogP contribution >= 0.6 is 12.2 Å². The van der Waals surface area contributed by atoms with E-state index in [1.54, 1.807) is 0 Å². The number of fused-ring (bicyclic) bond motifs is 1. The number of sulfone groups is 1. The number of aromatic nitrogens is 1. The second kappa shape index (κ2) is 4.98. The summed E-state index contributed by atoms with van der Waals surface area (Å²) in [5.41, 5.74) is 1.69. The first-order valence-electron chi connectivity index (χ1n) is 6.45. The summed E-state index contributed by atoms with van der Waals surface area (Å²) in [6.45, 7) is 0.538. The van der Waals surface area contributed by atoms with Gasteiger partial charge in [-0.25, -0.2) is 8.42 Å². The normalized spacial score (nSPS) is 21.8. The van der Waals surface area contributed by atoms with Crippen LogP contribution in [0, 0.1) is 4.84 Å². The number of benzene rings is 1. The van der Waals surface area contributed by atoms with Crippen LogP contribution in [0.4, 0.5) is 0 Å². The van der Waals surface area contributed by atoms with E-state index in [1.165, 1.54) is 0 Å². The Morgan fingerprint density at radius 1 is 1.45 bits per heavy atom. The van der Waals surface area contributed by atoms with Gasteiger partial charge in [0.25, 0.3) is 4.84 Å². The van der Waals surface area contributed by atoms with Gasteiger partial charge in [0.1, 0.15) is 0 Å². The van der Waals surface area contributed by atoms with Gasteiger partial charge in [0.15, 0.2) is 15.4 Å². The molecule has 0 N–H and O–H groups in total. The summed E-state index contributed by atoms with van der Waals surface area (Å²) in [4.78, 5) is 2.45. The van der Waals surface area contributed by atoms with E-state index in [0.29, 0.717) is 17.9 Å². The van der Waals surface area contributed by atoms with Gasteiger partial charge in [-0.2, -0.15) is 0 Å². The third-order valence-electron chi connectivity index (χ3n) is 3.77. The highest BCUT2D eigenvalue weighted by Crippen LogP contribution is 2.21. The van der Waals surface area contributed by atoms with Gasteiger partial charge in [0.05, 0.1) is 23.7 Å². The molecule has 1 aromatic carbocycles. The fraction of sp³-hybridized carbons (Fsp3) is 0.462. The molecule has 0 bridgehead atoms. The predicted molar refractivity (Wildman–Crippen MR) is 79.9 cm³/mol. The van der Waals surface area contributed by atoms with E-state index in [1.807, 2.05) is 40.8 Å². The Kier molecular flexibility index (Phi) is 3.43. The van der Waals surface area contributed by atoms with E-state index in [-0.39, 0.29) is 17.5 Å². The molecule has 7 heteroatoms. The number of hydrogen-bond donors (Lipinski definition) is 0. The van der Waals surface area contributed by atoms with E-state index in [0.717, 1.165) is 11.1 Å². The molecule has 1 fully saturated rings. The first-order chi connectivity index (χ1) is 9.46. The molecule has 20 heavy (non-hydrogen) atoms. The van der Waals surface area contributed by atoms with Gasteiger partial charge < -0.3 is 4.42 Å². The number of nitrogens with zero attached hydrogens (tertiary/aromatic N) is 2. The molecule has 1 aliphatic heterocycles. The van der Waals surface area contributed by atoms with E-state index in [9.17, 15) is 8.42 Å². The molecule has 2 heterocycles. The summed E-state index contributed by atoms with van der Waals surface area (Å²) in [7, 11) is -0.947. The van der Waals surface area contributed by atoms with Crippen LogP contribution < -0.4 is 0 Å². The lowest BCUT2D eigenvalue weighted by atomic mass is 10.2. The smallest absolute Gasteiger partial charge is 0.270 e. The van der Waals surface area contributed by atoms with Gasteiger partial charge in [-0.05, 0) is 37.8 Å². The first-order valence-corrected chi connectivity index (χ1v) is 8.68. The monoisotopic (exact) mass is 312 g/mol. The standard InChI is InChI=1S/C13H16N2O3S2/c1-14(10-6-7-20(16,17)8-10)9-15-11-4-2-3-5-12(11)18-13(15)19/h2-5,10H,6-9H2,1H3/t10-/m0/s1. The number of para-hydroxylation sites is 2. The fourth-order valence-corrected chi connectivity index (χ4v) is 4.66. The molecule has 2 aromatic rings. The maximum Gasteiger partial charge on any atom is 0.270 e. The van der Waals surface area contributed by atoms with Crippen molar-refractivity contribution in [3.63, 3.8) is 0 Å². The Bertz CT molecular complexity index is 791. The molecule has 1 atom stereocenters. The third kappa shape index (κ3) is 2.53. The molecular formula is C13H16N2O3S2. The molecule has 1 aliphatic rings. The average molecular weight is 312 g/mol. The Labute approximate surface area is 122 Å². The number of oxazole rings is 1. The maximum atomic E-state index is 11.6. The van der Waals surface area contributed by atoms with Crippen molar-refractivity contribution in [1.29, 1.82) is 0 Å². The predicted octanol–water partition coefficient (Wildman–Crippen LogP) is 2.04. The Hall–Kier alpha value is -1.18. The highest BCUT2D eigenvalue weighted by molar-refractivity contribution is 7.91. The minimum absolute atomic E-state index is 0.0514. The molecule has 0 spiro atoms. The van der Waals surface area contributed by atoms with Gasteiger partial charge in [-0.3, -0.25) is 9.47 Å². The Balaban J connectivity index is 1.86. The zero-order valence-electron chi connectivity index (χ0n) is 11.2. The van der Waals surface area contributed by atoms with Gasteiger partial charge in [-0.1, -0.05) is 12.1 Å². The summed E-state index contributed by atoms with van der Waals surface area (Å²) in [6, 6.07) is 7.72. The van der Waals surface area contributed by atoms with E-state index < -0.39 is 9.84 Å². The SMILES string of the molecule is CN(Cn1c(=S)oc2ccccc21)[C@H]1CCS(=O)(=O)C1. The number of rotatable bonds is 3. The quantitative estimate of drug-likeness (QED) is 0.812. The van der Waals surface area contributed by atoms with Crippen LogP contribution in [0.1, 0.15) is 6.42 Å². The minimum atomic E-state index is -2.87. The number of hydrogen-bond acceptors (Lipinski definition) is 5. The van der Waals surface area contributed by atoms with Crippen LogP contribution in [0.15, 0.2) is 28.7 Å². The molecule has 3 rings (SSSR count). The lowest BCUT2D eigenvalue weighted by molar-refractivity contribution is 0.207. The molecular weight excluding hydrogens is 296 g/mol. The Morgan fingerprint density at radius 2 is 2.20 bits per heavy atom. The van der Waals surface area contributed by atoms with Gasteiger partial charge in [0, 0.05) is 6.04 Å². The van der Waals surface area contributed by atoms with Crippen molar-refractivity contribution in [2.24, 2.45) is 0 Å². The average Bonchev–Trinajstić information content (AvgIpc) is 2.91. The van der Waals surface area contributed by atoms with Crippen LogP contribution in [0.25, 0.3) is 11.1 Å². The van der Waals surface area contributed by atoms with Crippen LogP contribution in [0.3, 0.4) is 0 Å². The fourth-order valence-electron chi connectivity index (χ4n) is 2.61. The largest absolute Gasteiger partial charge is 0.429 e. The van der Waals surface area contributed by atoms with Crippen molar-refractivity contribution in [3.05, 3.63) is 29.1 Å². The van der Waals surface area contributed by atoms with Crippen molar-refractivity contribution in [2.75, 3.05) is 18.6 Å². The molecule has 1 saturated heterocycles. The van der Waals surface area contributed by atoms with E-state index in [4.69, 9.17) is 16.6 Å². The van der Waals surface area contributed by atoms with Crippen molar-refractivity contribution < 1.29 is 12.8 Å². The van der Waals surface area contributed by atoms with Crippen molar-refractivity contribution in [3.8, 4) is 0 Å². The van der Waals surface area contributed by atoms with E-state index in [2.05, 4.69) is 0 Å². The summed E-state index contributed by atoms with van der Waals surface area (Å²) in [5.74, 6) is 0.506. The highest BCUT2D eigenvalue weighted by Gasteiger charge is 2.30. The van der Waals surface area contributed by atoms with E-state index >= 15 is 0 Å². The molecule has 108 valence electrons. The highest BCUT2D eigenvalue weighted by atomic mass is 32.2. The molecule has 0 unspecified atom stereocenters. The molecule has 0 aliphatic carbocycles. The molecule has 0 amide bonds. The molecule has 0 saturated carbocycles. The third-order valence-corrected chi connectivity index (χ3v) is 5.82. The Morgan fingerprint density at radius 3 is 2.90 bits per heavy atom. The zero-order chi connectivity index (χ0) is 14.3. The van der Waals surface area contributed by atoms with Gasteiger partial charge in [-0.15, -0.1) is 0 Å². The van der Waals surface area contributed by atoms with Crippen molar-refractivity contribution in [2.45, 2.75) is 19.1 Å². The van der Waals surface area contributed by atoms with Crippen LogP contribution in [-0.2, 0) is 16.5 Å². The minimum Gasteiger partial charge on any atom is -0.429 e. The summed E-state index contributed by atoms with van der Waals surface area (Å²) in [5, 5.41) is 0. The van der Waals surface area contributed by atoms with Crippen LogP contribution in [0.2, 0.25) is 0 Å². The second-order valence-electron chi connectivity index (χ2n) is 5.22. The maximum absolute atomic E-state index is 11.6. The van der Waals surface area contributed by atoms with Gasteiger partial charge in [0.2, 0.25) is 0 Å². The second-order valence-corrected chi connectivity index (χ2v) is 7.80. The molecule has 5 nitrogen and oxygen atoms in total. The van der Waals surface area contributed by atoms with Gasteiger partial charge >= 0.3 is 0 Å². The lowest BCUT2D eigenvalue weighted by Crippen LogP contribution is -2.34. The summed E-state index contributed by atoms with van der Waals surface area (Å²) >= 11 is 5.24. The first kappa shape index (κ1) is 13.8. The van der Waals surface area contributed by atoms with Crippen molar-refractivity contribution in [1.82, 2.24) is 9.47 Å².